The fourth-order valence-electron chi connectivity index (χ4n) is 1.07. The van der Waals surface area contributed by atoms with Gasteiger partial charge in [0.05, 0.1) is 4.83 Å². The van der Waals surface area contributed by atoms with Gasteiger partial charge < -0.3 is 4.57 Å². The minimum atomic E-state index is 0.333. The molecule has 0 saturated carbocycles. The summed E-state index contributed by atoms with van der Waals surface area (Å²) < 4.78 is 2.17. The van der Waals surface area contributed by atoms with Gasteiger partial charge in [-0.2, -0.15) is 0 Å². The van der Waals surface area contributed by atoms with Gasteiger partial charge in [-0.05, 0) is 20.8 Å². The molecule has 0 aliphatic rings. The van der Waals surface area contributed by atoms with Gasteiger partial charge in [0.15, 0.2) is 0 Å². The molecule has 1 heterocycles. The molecule has 0 radical (unpaired) electrons. The number of hydrogen-bond donors (Lipinski definition) is 0. The summed E-state index contributed by atoms with van der Waals surface area (Å²) in [6.07, 6.45) is 3.85. The van der Waals surface area contributed by atoms with Crippen LogP contribution in [0.4, 0.5) is 0 Å². The van der Waals surface area contributed by atoms with Crippen molar-refractivity contribution in [3.05, 3.63) is 18.2 Å². The van der Waals surface area contributed by atoms with E-state index in [-0.39, 0.29) is 0 Å². The van der Waals surface area contributed by atoms with Gasteiger partial charge in [-0.1, -0.05) is 15.9 Å². The van der Waals surface area contributed by atoms with E-state index in [4.69, 9.17) is 0 Å². The van der Waals surface area contributed by atoms with Crippen molar-refractivity contribution >= 4 is 15.9 Å². The van der Waals surface area contributed by atoms with Crippen molar-refractivity contribution in [1.82, 2.24) is 9.55 Å². The molecular formula is C8H13BrN2. The van der Waals surface area contributed by atoms with Crippen molar-refractivity contribution in [3.8, 4) is 0 Å². The highest BCUT2D eigenvalue weighted by Gasteiger charge is 2.09. The molecule has 0 fully saturated rings. The Morgan fingerprint density at radius 1 is 1.45 bits per heavy atom. The van der Waals surface area contributed by atoms with Gasteiger partial charge in [-0.3, -0.25) is 0 Å². The molecular weight excluding hydrogens is 204 g/mol. The molecule has 0 saturated heterocycles. The number of nitrogens with zero attached hydrogens (tertiary/aromatic N) is 2. The van der Waals surface area contributed by atoms with Crippen molar-refractivity contribution in [2.45, 2.75) is 31.6 Å². The number of imidazole rings is 1. The summed E-state index contributed by atoms with van der Waals surface area (Å²) in [6, 6.07) is 0.493. The Bertz CT molecular complexity index is 205. The molecule has 0 unspecified atom stereocenters. The van der Waals surface area contributed by atoms with E-state index < -0.39 is 0 Å². The highest BCUT2D eigenvalue weighted by atomic mass is 79.9. The lowest BCUT2D eigenvalue weighted by Crippen LogP contribution is -2.05. The molecule has 1 aromatic rings. The minimum Gasteiger partial charge on any atom is -0.332 e. The summed E-state index contributed by atoms with van der Waals surface area (Å²) in [5.41, 5.74) is 0. The lowest BCUT2D eigenvalue weighted by molar-refractivity contribution is 0.570. The van der Waals surface area contributed by atoms with Crippen LogP contribution in [0.5, 0.6) is 0 Å². The zero-order chi connectivity index (χ0) is 8.43. The zero-order valence-corrected chi connectivity index (χ0v) is 8.67. The predicted octanol–water partition coefficient (Wildman–Crippen LogP) is 2.92. The molecule has 1 atom stereocenters. The molecule has 1 aromatic heterocycles. The maximum atomic E-state index is 4.25. The molecule has 11 heavy (non-hydrogen) atoms. The molecule has 0 N–H and O–H groups in total. The molecule has 1 rings (SSSR count). The van der Waals surface area contributed by atoms with E-state index in [2.05, 4.69) is 46.3 Å². The summed E-state index contributed by atoms with van der Waals surface area (Å²) >= 11 is 3.50. The molecule has 0 bridgehead atoms. The summed E-state index contributed by atoms with van der Waals surface area (Å²) in [7, 11) is 0. The van der Waals surface area contributed by atoms with Crippen LogP contribution in [0.25, 0.3) is 0 Å². The van der Waals surface area contributed by atoms with Crippen LogP contribution in [0.15, 0.2) is 12.4 Å². The van der Waals surface area contributed by atoms with Crippen LogP contribution in [-0.2, 0) is 0 Å². The Kier molecular flexibility index (Phi) is 2.71. The number of halogens is 1. The third-order valence-electron chi connectivity index (χ3n) is 1.61. The van der Waals surface area contributed by atoms with Crippen LogP contribution in [0.3, 0.4) is 0 Å². The summed E-state index contributed by atoms with van der Waals surface area (Å²) in [5, 5.41) is 0. The lowest BCUT2D eigenvalue weighted by atomic mass is 10.3. The van der Waals surface area contributed by atoms with Gasteiger partial charge in [-0.15, -0.1) is 0 Å². The molecule has 0 amide bonds. The average Bonchev–Trinajstić information content (AvgIpc) is 2.32. The SMILES string of the molecule is CC(C)n1ccnc1[C@@H](C)Br. The number of hydrogen-bond acceptors (Lipinski definition) is 1. The summed E-state index contributed by atoms with van der Waals surface area (Å²) in [5.74, 6) is 1.10. The van der Waals surface area contributed by atoms with Gasteiger partial charge in [0.2, 0.25) is 0 Å². The van der Waals surface area contributed by atoms with Crippen LogP contribution in [0.1, 0.15) is 37.5 Å². The first kappa shape index (κ1) is 8.78. The highest BCUT2D eigenvalue weighted by molar-refractivity contribution is 9.09. The monoisotopic (exact) mass is 216 g/mol. The maximum Gasteiger partial charge on any atom is 0.122 e. The second-order valence-corrected chi connectivity index (χ2v) is 4.28. The molecule has 62 valence electrons. The lowest BCUT2D eigenvalue weighted by Gasteiger charge is -2.12. The van der Waals surface area contributed by atoms with Crippen molar-refractivity contribution in [1.29, 1.82) is 0 Å². The van der Waals surface area contributed by atoms with Crippen molar-refractivity contribution in [2.75, 3.05) is 0 Å². The van der Waals surface area contributed by atoms with E-state index in [1.165, 1.54) is 0 Å². The third kappa shape index (κ3) is 1.83. The van der Waals surface area contributed by atoms with Crippen molar-refractivity contribution in [3.63, 3.8) is 0 Å². The fraction of sp³-hybridized carbons (Fsp3) is 0.625. The smallest absolute Gasteiger partial charge is 0.122 e. The molecule has 0 aliphatic heterocycles. The first-order valence-corrected chi connectivity index (χ1v) is 4.71. The van der Waals surface area contributed by atoms with Gasteiger partial charge in [-0.25, -0.2) is 4.98 Å². The molecule has 3 heteroatoms. The van der Waals surface area contributed by atoms with Crippen LogP contribution in [-0.4, -0.2) is 9.55 Å². The second kappa shape index (κ2) is 3.39. The van der Waals surface area contributed by atoms with E-state index >= 15 is 0 Å². The van der Waals surface area contributed by atoms with Crippen molar-refractivity contribution in [2.24, 2.45) is 0 Å². The number of alkyl halides is 1. The Balaban J connectivity index is 2.96. The normalized spacial score (nSPS) is 13.9. The Hall–Kier alpha value is -0.310. The van der Waals surface area contributed by atoms with Gasteiger partial charge in [0.25, 0.3) is 0 Å². The Morgan fingerprint density at radius 2 is 2.09 bits per heavy atom. The predicted molar refractivity (Wildman–Crippen MR) is 50.0 cm³/mol. The topological polar surface area (TPSA) is 17.8 Å². The van der Waals surface area contributed by atoms with Crippen LogP contribution in [0.2, 0.25) is 0 Å². The number of aromatic nitrogens is 2. The minimum absolute atomic E-state index is 0.333. The first-order valence-electron chi connectivity index (χ1n) is 3.79. The summed E-state index contributed by atoms with van der Waals surface area (Å²) in [4.78, 5) is 4.59. The Labute approximate surface area is 75.8 Å². The average molecular weight is 217 g/mol. The van der Waals surface area contributed by atoms with E-state index in [0.717, 1.165) is 5.82 Å². The van der Waals surface area contributed by atoms with Gasteiger partial charge in [0.1, 0.15) is 5.82 Å². The molecule has 0 aromatic carbocycles. The van der Waals surface area contributed by atoms with Crippen LogP contribution in [0, 0.1) is 0 Å². The van der Waals surface area contributed by atoms with E-state index in [1.54, 1.807) is 0 Å². The van der Waals surface area contributed by atoms with Gasteiger partial charge >= 0.3 is 0 Å². The quantitative estimate of drug-likeness (QED) is 0.696. The second-order valence-electron chi connectivity index (χ2n) is 2.90. The van der Waals surface area contributed by atoms with E-state index in [0.29, 0.717) is 10.9 Å². The maximum absolute atomic E-state index is 4.25. The van der Waals surface area contributed by atoms with Crippen molar-refractivity contribution < 1.29 is 0 Å². The zero-order valence-electron chi connectivity index (χ0n) is 7.08. The molecule has 0 spiro atoms. The van der Waals surface area contributed by atoms with Crippen LogP contribution < -0.4 is 0 Å². The van der Waals surface area contributed by atoms with E-state index in [1.807, 2.05) is 12.4 Å². The van der Waals surface area contributed by atoms with Crippen LogP contribution >= 0.6 is 15.9 Å². The number of rotatable bonds is 2. The first-order chi connectivity index (χ1) is 5.13. The summed E-state index contributed by atoms with van der Waals surface area (Å²) in [6.45, 7) is 6.39. The highest BCUT2D eigenvalue weighted by Crippen LogP contribution is 2.21. The van der Waals surface area contributed by atoms with E-state index in [9.17, 15) is 0 Å². The van der Waals surface area contributed by atoms with Gasteiger partial charge in [0, 0.05) is 18.4 Å². The molecule has 2 nitrogen and oxygen atoms in total. The fourth-order valence-corrected chi connectivity index (χ4v) is 1.42. The largest absolute Gasteiger partial charge is 0.332 e. The Morgan fingerprint density at radius 3 is 2.45 bits per heavy atom. The third-order valence-corrected chi connectivity index (χ3v) is 2.02. The standard InChI is InChI=1S/C8H13BrN2/c1-6(2)11-5-4-10-8(11)7(3)9/h4-7H,1-3H3/t7-/m1/s1. The molecule has 0 aliphatic carbocycles.